The van der Waals surface area contributed by atoms with E-state index in [0.29, 0.717) is 0 Å². The lowest BCUT2D eigenvalue weighted by molar-refractivity contribution is 0.591. The molecule has 4 aliphatic rings. The van der Waals surface area contributed by atoms with Crippen LogP contribution in [0.1, 0.15) is 71.6 Å². The van der Waals surface area contributed by atoms with Crippen LogP contribution in [0.25, 0.3) is 165 Å². The number of nitrogens with zero attached hydrogens (tertiary/aromatic N) is 4. The molecule has 0 fully saturated rings. The van der Waals surface area contributed by atoms with Gasteiger partial charge >= 0.3 is 0 Å². The van der Waals surface area contributed by atoms with Crippen LogP contribution in [0.3, 0.4) is 0 Å². The second kappa shape index (κ2) is 20.2. The van der Waals surface area contributed by atoms with E-state index in [-0.39, 0.29) is 24.0 Å². The van der Waals surface area contributed by atoms with Crippen molar-refractivity contribution >= 4 is 143 Å². The molecule has 16 aromatic carbocycles. The predicted octanol–water partition coefficient (Wildman–Crippen LogP) is 22.7. The third-order valence-electron chi connectivity index (χ3n) is 24.8. The van der Waals surface area contributed by atoms with Gasteiger partial charge in [0.15, 0.2) is 0 Å². The van der Waals surface area contributed by atoms with Crippen LogP contribution < -0.4 is 16.4 Å². The van der Waals surface area contributed by atoms with Crippen molar-refractivity contribution in [2.45, 2.75) is 50.9 Å². The Morgan fingerprint density at radius 1 is 0.311 bits per heavy atom. The molecule has 4 aromatic heterocycles. The fraction of sp³-hybridized carbons (Fsp3) is 0.0816. The van der Waals surface area contributed by atoms with Crippen LogP contribution in [0.15, 0.2) is 303 Å². The van der Waals surface area contributed by atoms with Crippen LogP contribution in [-0.4, -0.2) is 25.0 Å². The van der Waals surface area contributed by atoms with E-state index < -0.39 is 0 Å². The normalized spacial score (nSPS) is 15.0. The standard InChI is InChI=1S/C98H65BN4/c1-98(2,3)58-40-43-66-76(49-58)65-26-8-9-33-74(65)94-81(66)55-93-96-83(94)54-80-67-44-41-59(100-86-34-16-10-27-68(86)69-28-11-17-35-87(69)100)50-77(67)79-47-57(75-46-56-22-4-5-23-62(56)63-24-6-7-25-64(63)75)48-84(95(79)80)99(96)85-53-61(102-90-38-20-14-31-72(90)73-32-15-21-39-91(73)102)52-82-78-51-60(42-45-92(78)103(93)97(82)85)101-88-36-18-12-29-70(88)71-30-13-19-37-89(71)101/h4-45,47-53,55,75,80H,46,54H2,1-3H3. The van der Waals surface area contributed by atoms with E-state index in [2.05, 4.69) is 342 Å². The lowest BCUT2D eigenvalue weighted by Gasteiger charge is -2.32. The van der Waals surface area contributed by atoms with Gasteiger partial charge in [-0.3, -0.25) is 0 Å². The van der Waals surface area contributed by atoms with Crippen molar-refractivity contribution in [1.29, 1.82) is 0 Å². The van der Waals surface area contributed by atoms with Crippen LogP contribution in [-0.2, 0) is 18.3 Å². The van der Waals surface area contributed by atoms with E-state index >= 15 is 0 Å². The smallest absolute Gasteiger partial charge is 0.247 e. The van der Waals surface area contributed by atoms with Gasteiger partial charge in [0.25, 0.3) is 0 Å². The average Bonchev–Trinajstić information content (AvgIpc) is 1.56. The highest BCUT2D eigenvalue weighted by Crippen LogP contribution is 2.54. The number of para-hydroxylation sites is 6. The fourth-order valence-corrected chi connectivity index (χ4v) is 20.5. The topological polar surface area (TPSA) is 19.7 Å². The summed E-state index contributed by atoms with van der Waals surface area (Å²) >= 11 is 0. The molecule has 103 heavy (non-hydrogen) atoms. The minimum atomic E-state index is -0.188. The first-order valence-electron chi connectivity index (χ1n) is 36.8. The second-order valence-electron chi connectivity index (χ2n) is 30.9. The van der Waals surface area contributed by atoms with Crippen molar-refractivity contribution < 1.29 is 0 Å². The third kappa shape index (κ3) is 7.45. The van der Waals surface area contributed by atoms with Gasteiger partial charge in [-0.15, -0.1) is 0 Å². The van der Waals surface area contributed by atoms with E-state index in [4.69, 9.17) is 0 Å². The Bertz CT molecular complexity index is 7100. The van der Waals surface area contributed by atoms with Crippen molar-refractivity contribution in [3.05, 3.63) is 342 Å². The molecule has 2 aliphatic carbocycles. The molecule has 24 rings (SSSR count). The maximum absolute atomic E-state index is 2.76. The van der Waals surface area contributed by atoms with Gasteiger partial charge in [-0.1, -0.05) is 239 Å². The molecule has 2 atom stereocenters. The number of hydrogen-bond acceptors (Lipinski definition) is 0. The quantitative estimate of drug-likeness (QED) is 0.124. The highest BCUT2D eigenvalue weighted by atomic mass is 15.0. The Morgan fingerprint density at radius 2 is 0.816 bits per heavy atom. The minimum Gasteiger partial charge on any atom is -0.310 e. The van der Waals surface area contributed by atoms with Gasteiger partial charge in [-0.05, 0) is 214 Å². The molecule has 480 valence electrons. The van der Waals surface area contributed by atoms with E-state index in [9.17, 15) is 0 Å². The molecule has 0 spiro atoms. The third-order valence-corrected chi connectivity index (χ3v) is 24.8. The highest BCUT2D eigenvalue weighted by Gasteiger charge is 2.46. The molecule has 2 unspecified atom stereocenters. The number of fused-ring (bicyclic) bond motifs is 28. The van der Waals surface area contributed by atoms with Gasteiger partial charge in [0.2, 0.25) is 6.71 Å². The van der Waals surface area contributed by atoms with Gasteiger partial charge in [0.05, 0.1) is 38.6 Å². The van der Waals surface area contributed by atoms with Gasteiger partial charge in [0.1, 0.15) is 0 Å². The summed E-state index contributed by atoms with van der Waals surface area (Å²) < 4.78 is 10.4. The molecule has 5 heteroatoms. The van der Waals surface area contributed by atoms with Gasteiger partial charge in [-0.2, -0.15) is 0 Å². The Hall–Kier alpha value is -12.4. The minimum absolute atomic E-state index is 0.0412. The van der Waals surface area contributed by atoms with Crippen molar-refractivity contribution in [2.75, 3.05) is 0 Å². The molecule has 6 heterocycles. The van der Waals surface area contributed by atoms with E-state index in [1.165, 1.54) is 214 Å². The largest absolute Gasteiger partial charge is 0.310 e. The van der Waals surface area contributed by atoms with Crippen molar-refractivity contribution in [2.24, 2.45) is 0 Å². The molecule has 4 nitrogen and oxygen atoms in total. The summed E-state index contributed by atoms with van der Waals surface area (Å²) in [5.74, 6) is 0.139. The monoisotopic (exact) mass is 1310 g/mol. The number of aromatic nitrogens is 4. The molecule has 0 radical (unpaired) electrons. The van der Waals surface area contributed by atoms with Gasteiger partial charge < -0.3 is 18.3 Å². The lowest BCUT2D eigenvalue weighted by atomic mass is 9.34. The first-order chi connectivity index (χ1) is 50.8. The summed E-state index contributed by atoms with van der Waals surface area (Å²) in [6.45, 7) is 6.88. The Balaban J connectivity index is 0.881. The summed E-state index contributed by atoms with van der Waals surface area (Å²) in [6.07, 6.45) is 1.74. The summed E-state index contributed by atoms with van der Waals surface area (Å²) in [5.41, 5.74) is 33.9. The zero-order chi connectivity index (χ0) is 67.4. The van der Waals surface area contributed by atoms with Crippen LogP contribution in [0.2, 0.25) is 0 Å². The van der Waals surface area contributed by atoms with Crippen LogP contribution in [0.5, 0.6) is 0 Å². The molecule has 20 aromatic rings. The maximum atomic E-state index is 2.76. The van der Waals surface area contributed by atoms with Crippen LogP contribution in [0, 0.1) is 0 Å². The maximum Gasteiger partial charge on any atom is 0.247 e. The first kappa shape index (κ1) is 56.3. The Morgan fingerprint density at radius 3 is 1.45 bits per heavy atom. The summed E-state index contributed by atoms with van der Waals surface area (Å²) in [5, 5.41) is 18.0. The van der Waals surface area contributed by atoms with Crippen molar-refractivity contribution in [1.82, 2.24) is 18.3 Å². The second-order valence-corrected chi connectivity index (χ2v) is 30.9. The predicted molar refractivity (Wildman–Crippen MR) is 435 cm³/mol. The Labute approximate surface area is 595 Å². The van der Waals surface area contributed by atoms with Gasteiger partial charge in [0, 0.05) is 83.2 Å². The number of benzene rings is 16. The fourth-order valence-electron chi connectivity index (χ4n) is 20.5. The molecular formula is C98H65BN4. The summed E-state index contributed by atoms with van der Waals surface area (Å²) in [4.78, 5) is 0. The molecule has 0 N–H and O–H groups in total. The Kier molecular flexibility index (Phi) is 11.0. The molecule has 0 bridgehead atoms. The first-order valence-corrected chi connectivity index (χ1v) is 36.8. The molecule has 0 saturated heterocycles. The van der Waals surface area contributed by atoms with E-state index in [1.807, 2.05) is 0 Å². The number of hydrogen-bond donors (Lipinski definition) is 0. The average molecular weight is 1310 g/mol. The van der Waals surface area contributed by atoms with Crippen molar-refractivity contribution in [3.8, 4) is 45.0 Å². The summed E-state index contributed by atoms with van der Waals surface area (Å²) in [7, 11) is 0. The van der Waals surface area contributed by atoms with E-state index in [0.717, 1.165) is 18.5 Å². The molecule has 2 aliphatic heterocycles. The zero-order valence-corrected chi connectivity index (χ0v) is 57.3. The molecular weight excluding hydrogens is 1240 g/mol. The summed E-state index contributed by atoms with van der Waals surface area (Å²) in [6, 6.07) is 118. The van der Waals surface area contributed by atoms with Gasteiger partial charge in [-0.25, -0.2) is 0 Å². The number of rotatable bonds is 4. The highest BCUT2D eigenvalue weighted by molar-refractivity contribution is 6.99. The zero-order valence-electron chi connectivity index (χ0n) is 57.3. The lowest BCUT2D eigenvalue weighted by Crippen LogP contribution is -2.57. The van der Waals surface area contributed by atoms with E-state index in [1.54, 1.807) is 0 Å². The molecule has 0 amide bonds. The molecule has 0 saturated carbocycles. The van der Waals surface area contributed by atoms with Crippen molar-refractivity contribution in [3.63, 3.8) is 0 Å². The van der Waals surface area contributed by atoms with Crippen LogP contribution >= 0.6 is 0 Å². The van der Waals surface area contributed by atoms with Crippen LogP contribution in [0.4, 0.5) is 0 Å². The SMILES string of the molecule is CC(C)(C)c1ccc2c(c1)c1ccccc1c1c3c4c(cc21)-n1c2ccc(-n5c6ccccc6c6ccccc65)cc2c2cc(-n5c6ccccc6c6ccccc65)cc(c21)B4c1cc(C2Cc4ccccc4-c4ccccc42)cc2c1C(C3)c1ccc(-n3c4ccccc4c4ccccc43)cc1-2.